The number of aryl methyl sites for hydroxylation is 1. The zero-order chi connectivity index (χ0) is 47.9. The number of phenols is 1. The van der Waals surface area contributed by atoms with Crippen LogP contribution in [0.2, 0.25) is 0 Å². The molecule has 0 radical (unpaired) electrons. The second kappa shape index (κ2) is 24.2. The van der Waals surface area contributed by atoms with Crippen molar-refractivity contribution < 1.29 is 23.8 Å². The molecule has 11 heteroatoms. The van der Waals surface area contributed by atoms with Crippen molar-refractivity contribution in [3.05, 3.63) is 122 Å². The lowest BCUT2D eigenvalue weighted by molar-refractivity contribution is 0.0511. The number of para-hydroxylation sites is 1. The Kier molecular flexibility index (Phi) is 18.2. The molecule has 7 rings (SSSR count). The molecule has 358 valence electrons. The van der Waals surface area contributed by atoms with Crippen LogP contribution in [0.1, 0.15) is 150 Å². The largest absolute Gasteiger partial charge is 0.507 e. The highest BCUT2D eigenvalue weighted by Gasteiger charge is 2.34. The van der Waals surface area contributed by atoms with Gasteiger partial charge in [-0.3, -0.25) is 9.59 Å². The number of tetrazole rings is 1. The van der Waals surface area contributed by atoms with Crippen LogP contribution < -0.4 is 20.2 Å². The first-order valence-electron chi connectivity index (χ1n) is 24.6. The van der Waals surface area contributed by atoms with Crippen LogP contribution in [0.4, 0.5) is 5.69 Å². The standard InChI is InChI=1S/C29H50O2.C27H23N5O4/c1-20(2)12-9-13-21(3)14-10-15-22(4)16-11-18-29(8)19-17-26-25(7)27(30)23(5)24(6)28(26)31-29;33-23-17-24(26-29-31-32-30-26)36-25-21(23)10-6-11-22(25)28-27(34)19-12-14-20(15-13-19)35-16-5-4-9-18-7-2-1-3-8-18/h20-22,30H,9-19H2,1-8H3;1-3,6-8,10-15,17H,4-5,9,16H2,(H,28,34)(H,29,30,31,32)/t21-,22-,29-;/m1./s1. The van der Waals surface area contributed by atoms with E-state index in [0.717, 1.165) is 78.7 Å². The van der Waals surface area contributed by atoms with E-state index in [1.54, 1.807) is 42.5 Å². The van der Waals surface area contributed by atoms with Crippen LogP contribution in [0.25, 0.3) is 22.6 Å². The molecule has 3 heterocycles. The molecule has 3 atom stereocenters. The molecule has 0 saturated heterocycles. The smallest absolute Gasteiger partial charge is 0.255 e. The van der Waals surface area contributed by atoms with E-state index in [1.807, 2.05) is 32.0 Å². The number of amides is 1. The number of aromatic hydroxyl groups is 1. The summed E-state index contributed by atoms with van der Waals surface area (Å²) in [5, 5.41) is 27.0. The number of hydrogen-bond acceptors (Lipinski definition) is 9. The quantitative estimate of drug-likeness (QED) is 0.0599. The number of hydrogen-bond donors (Lipinski definition) is 3. The SMILES string of the molecule is Cc1c(C)c2c(c(C)c1O)CC[C@@](C)(CCC[C@H](C)CCC[C@H](C)CCCC(C)C)O2.O=C(Nc1cccc2c(=O)cc(-c3nn[nH]n3)oc12)c1ccc(OCCCCc2ccccc2)cc1. The second-order valence-electron chi connectivity index (χ2n) is 19.6. The number of rotatable bonds is 21. The van der Waals surface area contributed by atoms with E-state index in [2.05, 4.69) is 79.6 Å². The predicted molar refractivity (Wildman–Crippen MR) is 269 cm³/mol. The fourth-order valence-electron chi connectivity index (χ4n) is 9.09. The van der Waals surface area contributed by atoms with Gasteiger partial charge in [0.1, 0.15) is 22.8 Å². The topological polar surface area (TPSA) is 152 Å². The molecule has 1 aliphatic heterocycles. The van der Waals surface area contributed by atoms with E-state index >= 15 is 0 Å². The maximum absolute atomic E-state index is 12.9. The van der Waals surface area contributed by atoms with Crippen molar-refractivity contribution >= 4 is 22.6 Å². The normalized spacial score (nSPS) is 15.3. The lowest BCUT2D eigenvalue weighted by Crippen LogP contribution is -2.37. The Morgan fingerprint density at radius 3 is 2.22 bits per heavy atom. The van der Waals surface area contributed by atoms with Crippen molar-refractivity contribution in [1.82, 2.24) is 20.6 Å². The predicted octanol–water partition coefficient (Wildman–Crippen LogP) is 13.5. The minimum absolute atomic E-state index is 0.0712. The van der Waals surface area contributed by atoms with E-state index in [9.17, 15) is 14.7 Å². The number of carbonyl (C=O) groups is 1. The summed E-state index contributed by atoms with van der Waals surface area (Å²) in [4.78, 5) is 25.5. The summed E-state index contributed by atoms with van der Waals surface area (Å²) in [6, 6.07) is 23.6. The first-order chi connectivity index (χ1) is 32.2. The minimum Gasteiger partial charge on any atom is -0.507 e. The van der Waals surface area contributed by atoms with Crippen molar-refractivity contribution in [2.24, 2.45) is 17.8 Å². The lowest BCUT2D eigenvalue weighted by atomic mass is 9.84. The average molecular weight is 912 g/mol. The number of nitrogens with one attached hydrogen (secondary N) is 2. The lowest BCUT2D eigenvalue weighted by Gasteiger charge is -2.38. The van der Waals surface area contributed by atoms with Gasteiger partial charge in [0.15, 0.2) is 16.8 Å². The number of phenolic OH excluding ortho intramolecular Hbond substituents is 1. The van der Waals surface area contributed by atoms with Gasteiger partial charge in [-0.1, -0.05) is 109 Å². The fraction of sp³-hybridized carbons (Fsp3) is 0.482. The summed E-state index contributed by atoms with van der Waals surface area (Å²) in [6.07, 6.45) is 17.1. The van der Waals surface area contributed by atoms with Gasteiger partial charge in [-0.15, -0.1) is 10.2 Å². The first kappa shape index (κ1) is 50.4. The van der Waals surface area contributed by atoms with E-state index in [1.165, 1.54) is 68.6 Å². The summed E-state index contributed by atoms with van der Waals surface area (Å²) >= 11 is 0. The van der Waals surface area contributed by atoms with E-state index < -0.39 is 0 Å². The fourth-order valence-corrected chi connectivity index (χ4v) is 9.09. The summed E-state index contributed by atoms with van der Waals surface area (Å²) in [5.74, 6) is 4.68. The van der Waals surface area contributed by atoms with E-state index in [4.69, 9.17) is 13.9 Å². The number of nitrogens with zero attached hydrogens (tertiary/aromatic N) is 3. The van der Waals surface area contributed by atoms with Crippen molar-refractivity contribution in [2.45, 2.75) is 151 Å². The molecule has 67 heavy (non-hydrogen) atoms. The Balaban J connectivity index is 0.000000224. The van der Waals surface area contributed by atoms with Crippen molar-refractivity contribution in [2.75, 3.05) is 11.9 Å². The number of benzene rings is 4. The number of H-pyrrole nitrogens is 1. The number of fused-ring (bicyclic) bond motifs is 2. The number of anilines is 1. The molecule has 4 aromatic carbocycles. The number of unbranched alkanes of at least 4 members (excludes halogenated alkanes) is 1. The van der Waals surface area contributed by atoms with E-state index in [0.29, 0.717) is 34.7 Å². The van der Waals surface area contributed by atoms with Crippen LogP contribution in [0.5, 0.6) is 17.2 Å². The molecule has 11 nitrogen and oxygen atoms in total. The molecule has 0 saturated carbocycles. The van der Waals surface area contributed by atoms with Crippen LogP contribution in [0.3, 0.4) is 0 Å². The number of carbonyl (C=O) groups excluding carboxylic acids is 1. The van der Waals surface area contributed by atoms with Crippen LogP contribution in [-0.2, 0) is 12.8 Å². The van der Waals surface area contributed by atoms with Gasteiger partial charge in [-0.25, -0.2) is 0 Å². The van der Waals surface area contributed by atoms with E-state index in [-0.39, 0.29) is 34.1 Å². The highest BCUT2D eigenvalue weighted by atomic mass is 16.5. The molecule has 0 fully saturated rings. The van der Waals surface area contributed by atoms with Crippen LogP contribution in [-0.4, -0.2) is 43.8 Å². The Labute approximate surface area is 397 Å². The Morgan fingerprint density at radius 1 is 0.836 bits per heavy atom. The third kappa shape index (κ3) is 14.3. The molecule has 0 bridgehead atoms. The van der Waals surface area contributed by atoms with Gasteiger partial charge in [0.25, 0.3) is 5.91 Å². The van der Waals surface area contributed by atoms with Crippen LogP contribution in [0, 0.1) is 38.5 Å². The summed E-state index contributed by atoms with van der Waals surface area (Å²) in [7, 11) is 0. The van der Waals surface area contributed by atoms with Crippen LogP contribution >= 0.6 is 0 Å². The highest BCUT2D eigenvalue weighted by molar-refractivity contribution is 6.08. The van der Waals surface area contributed by atoms with Gasteiger partial charge in [-0.05, 0) is 154 Å². The molecule has 2 aromatic heterocycles. The highest BCUT2D eigenvalue weighted by Crippen LogP contribution is 2.44. The minimum atomic E-state index is -0.343. The van der Waals surface area contributed by atoms with Gasteiger partial charge in [-0.2, -0.15) is 5.21 Å². The number of ether oxygens (including phenoxy) is 2. The number of aromatic nitrogens is 4. The van der Waals surface area contributed by atoms with Crippen LogP contribution in [0.15, 0.2) is 88.1 Å². The maximum atomic E-state index is 12.9. The molecule has 0 unspecified atom stereocenters. The Morgan fingerprint density at radius 2 is 1.54 bits per heavy atom. The second-order valence-corrected chi connectivity index (χ2v) is 19.6. The zero-order valence-corrected chi connectivity index (χ0v) is 41.2. The third-order valence-corrected chi connectivity index (χ3v) is 13.5. The first-order valence-corrected chi connectivity index (χ1v) is 24.6. The molecule has 6 aromatic rings. The zero-order valence-electron chi connectivity index (χ0n) is 41.2. The summed E-state index contributed by atoms with van der Waals surface area (Å²) in [6.45, 7) is 18.5. The van der Waals surface area contributed by atoms with Gasteiger partial charge in [0, 0.05) is 17.2 Å². The molecule has 3 N–H and O–H groups in total. The van der Waals surface area contributed by atoms with Crippen molar-refractivity contribution in [3.63, 3.8) is 0 Å². The molecular weight excluding hydrogens is 839 g/mol. The molecule has 1 aliphatic rings. The van der Waals surface area contributed by atoms with Gasteiger partial charge >= 0.3 is 0 Å². The van der Waals surface area contributed by atoms with Crippen molar-refractivity contribution in [3.8, 4) is 28.8 Å². The monoisotopic (exact) mass is 912 g/mol. The maximum Gasteiger partial charge on any atom is 0.255 e. The molecule has 0 aliphatic carbocycles. The van der Waals surface area contributed by atoms with Crippen molar-refractivity contribution in [1.29, 1.82) is 0 Å². The van der Waals surface area contributed by atoms with Gasteiger partial charge in [0.2, 0.25) is 5.82 Å². The van der Waals surface area contributed by atoms with Gasteiger partial charge < -0.3 is 24.3 Å². The summed E-state index contributed by atoms with van der Waals surface area (Å²) < 4.78 is 18.3. The summed E-state index contributed by atoms with van der Waals surface area (Å²) in [5.41, 5.74) is 6.31. The molecule has 0 spiro atoms. The molecular formula is C56H73N5O6. The van der Waals surface area contributed by atoms with Gasteiger partial charge in [0.05, 0.1) is 17.7 Å². The average Bonchev–Trinajstić information content (AvgIpc) is 3.87. The third-order valence-electron chi connectivity index (χ3n) is 13.5. The Hall–Kier alpha value is -5.97. The number of aromatic amines is 1. The Bertz CT molecular complexity index is 2550. The molecule has 1 amide bonds.